The van der Waals surface area contributed by atoms with Crippen LogP contribution in [0.25, 0.3) is 0 Å². The Bertz CT molecular complexity index is 888. The summed E-state index contributed by atoms with van der Waals surface area (Å²) in [5.74, 6) is -1.53. The minimum Gasteiger partial charge on any atom is -0.452 e. The molecule has 1 atom stereocenters. The van der Waals surface area contributed by atoms with Gasteiger partial charge in [-0.3, -0.25) is 4.79 Å². The van der Waals surface area contributed by atoms with E-state index in [1.54, 1.807) is 35.7 Å². The molecule has 1 aliphatic rings. The zero-order chi connectivity index (χ0) is 20.3. The second-order valence-electron chi connectivity index (χ2n) is 6.87. The van der Waals surface area contributed by atoms with Gasteiger partial charge in [0, 0.05) is 30.8 Å². The van der Waals surface area contributed by atoms with Crippen LogP contribution >= 0.6 is 11.8 Å². The fourth-order valence-electron chi connectivity index (χ4n) is 3.03. The Balaban J connectivity index is 1.68. The van der Waals surface area contributed by atoms with Crippen molar-refractivity contribution in [2.24, 2.45) is 0 Å². The first-order valence-electron chi connectivity index (χ1n) is 9.07. The van der Waals surface area contributed by atoms with Crippen LogP contribution in [0.15, 0.2) is 47.4 Å². The monoisotopic (exact) mass is 402 g/mol. The highest BCUT2D eigenvalue weighted by atomic mass is 32.2. The van der Waals surface area contributed by atoms with Crippen molar-refractivity contribution in [1.82, 2.24) is 0 Å². The molecule has 3 rings (SSSR count). The maximum Gasteiger partial charge on any atom is 0.338 e. The first-order valence-corrected chi connectivity index (χ1v) is 9.95. The first kappa shape index (κ1) is 20.2. The number of ether oxygens (including phenoxy) is 1. The zero-order valence-corrected chi connectivity index (χ0v) is 17.0. The number of carbonyl (C=O) groups excluding carboxylic acids is 2. The van der Waals surface area contributed by atoms with Crippen LogP contribution in [-0.2, 0) is 9.53 Å². The highest BCUT2D eigenvalue weighted by molar-refractivity contribution is 8.00. The maximum absolute atomic E-state index is 14.1. The average molecular weight is 402 g/mol. The van der Waals surface area contributed by atoms with Gasteiger partial charge in [0.15, 0.2) is 6.61 Å². The van der Waals surface area contributed by atoms with E-state index in [1.165, 1.54) is 12.1 Å². The summed E-state index contributed by atoms with van der Waals surface area (Å²) >= 11 is 1.73. The second-order valence-corrected chi connectivity index (χ2v) is 8.35. The third-order valence-corrected chi connectivity index (χ3v) is 5.77. The van der Waals surface area contributed by atoms with Gasteiger partial charge in [-0.1, -0.05) is 19.1 Å². The predicted octanol–water partition coefficient (Wildman–Crippen LogP) is 3.97. The summed E-state index contributed by atoms with van der Waals surface area (Å²) in [6.07, 6.45) is 0.843. The van der Waals surface area contributed by atoms with Gasteiger partial charge in [0.2, 0.25) is 0 Å². The van der Waals surface area contributed by atoms with E-state index in [0.29, 0.717) is 17.5 Å². The molecule has 7 heteroatoms. The molecule has 2 aromatic carbocycles. The van der Waals surface area contributed by atoms with Crippen molar-refractivity contribution in [1.29, 1.82) is 0 Å². The minimum atomic E-state index is -0.719. The molecule has 1 heterocycles. The average Bonchev–Trinajstić information content (AvgIpc) is 2.83. The second kappa shape index (κ2) is 8.65. The van der Waals surface area contributed by atoms with Gasteiger partial charge in [-0.2, -0.15) is 0 Å². The fraction of sp³-hybridized carbons (Fsp3) is 0.333. The van der Waals surface area contributed by atoms with Crippen molar-refractivity contribution in [3.63, 3.8) is 0 Å². The number of hydrogen-bond donors (Lipinski definition) is 0. The van der Waals surface area contributed by atoms with Crippen LogP contribution in [0.2, 0.25) is 0 Å². The van der Waals surface area contributed by atoms with E-state index in [2.05, 4.69) is 6.92 Å². The van der Waals surface area contributed by atoms with Gasteiger partial charge in [-0.05, 0) is 36.8 Å². The number of carbonyl (C=O) groups is 2. The number of hydrogen-bond acceptors (Lipinski definition) is 5. The zero-order valence-electron chi connectivity index (χ0n) is 16.1. The molecule has 148 valence electrons. The Hall–Kier alpha value is -2.54. The molecule has 1 amide bonds. The predicted molar refractivity (Wildman–Crippen MR) is 110 cm³/mol. The van der Waals surface area contributed by atoms with Gasteiger partial charge in [0.1, 0.15) is 5.82 Å². The molecule has 1 aliphatic heterocycles. The summed E-state index contributed by atoms with van der Waals surface area (Å²) in [6, 6.07) is 11.8. The molecule has 0 saturated carbocycles. The lowest BCUT2D eigenvalue weighted by atomic mass is 10.2. The Morgan fingerprint density at radius 3 is 2.71 bits per heavy atom. The molecule has 0 aromatic heterocycles. The molecular formula is C21H23FN2O3S. The van der Waals surface area contributed by atoms with E-state index in [1.807, 2.05) is 24.3 Å². The standard InChI is InChI=1S/C21H23FN2O3S/c1-14-10-11-24(18-6-4-5-7-19(18)28-14)20(25)13-27-21(26)15-8-9-17(23(2)3)16(22)12-15/h4-9,12,14H,10-11,13H2,1-3H3. The van der Waals surface area contributed by atoms with Crippen LogP contribution in [-0.4, -0.2) is 44.4 Å². The number of anilines is 2. The van der Waals surface area contributed by atoms with Crippen LogP contribution in [0.3, 0.4) is 0 Å². The molecule has 5 nitrogen and oxygen atoms in total. The van der Waals surface area contributed by atoms with Crippen LogP contribution in [0.4, 0.5) is 15.8 Å². The lowest BCUT2D eigenvalue weighted by molar-refractivity contribution is -0.121. The molecule has 0 spiro atoms. The summed E-state index contributed by atoms with van der Waals surface area (Å²) in [6.45, 7) is 2.30. The van der Waals surface area contributed by atoms with Gasteiger partial charge in [0.05, 0.1) is 16.9 Å². The number of amides is 1. The van der Waals surface area contributed by atoms with E-state index in [4.69, 9.17) is 4.74 Å². The molecule has 0 bridgehead atoms. The lowest BCUT2D eigenvalue weighted by Gasteiger charge is -2.22. The van der Waals surface area contributed by atoms with E-state index < -0.39 is 11.8 Å². The summed E-state index contributed by atoms with van der Waals surface area (Å²) < 4.78 is 19.2. The number of para-hydroxylation sites is 1. The van der Waals surface area contributed by atoms with Crippen LogP contribution < -0.4 is 9.80 Å². The number of thioether (sulfide) groups is 1. The quantitative estimate of drug-likeness (QED) is 0.725. The third-order valence-electron chi connectivity index (χ3n) is 4.54. The van der Waals surface area contributed by atoms with Gasteiger partial charge in [-0.15, -0.1) is 11.8 Å². The van der Waals surface area contributed by atoms with Crippen LogP contribution in [0.1, 0.15) is 23.7 Å². The van der Waals surface area contributed by atoms with Crippen molar-refractivity contribution in [3.8, 4) is 0 Å². The number of halogens is 1. The van der Waals surface area contributed by atoms with Crippen molar-refractivity contribution >= 4 is 35.0 Å². The Morgan fingerprint density at radius 1 is 1.25 bits per heavy atom. The summed E-state index contributed by atoms with van der Waals surface area (Å²) in [4.78, 5) is 29.3. The molecule has 0 radical (unpaired) electrons. The Labute approximate surface area is 168 Å². The number of fused-ring (bicyclic) bond motifs is 1. The van der Waals surface area contributed by atoms with E-state index in [-0.39, 0.29) is 18.1 Å². The Morgan fingerprint density at radius 2 is 2.00 bits per heavy atom. The molecule has 28 heavy (non-hydrogen) atoms. The molecule has 0 saturated heterocycles. The highest BCUT2D eigenvalue weighted by Crippen LogP contribution is 2.37. The van der Waals surface area contributed by atoms with E-state index in [9.17, 15) is 14.0 Å². The van der Waals surface area contributed by atoms with Crippen LogP contribution in [0.5, 0.6) is 0 Å². The summed E-state index contributed by atoms with van der Waals surface area (Å²) in [5.41, 5.74) is 1.29. The van der Waals surface area contributed by atoms with E-state index in [0.717, 1.165) is 23.1 Å². The topological polar surface area (TPSA) is 49.9 Å². The highest BCUT2D eigenvalue weighted by Gasteiger charge is 2.25. The molecule has 0 fully saturated rings. The van der Waals surface area contributed by atoms with Crippen molar-refractivity contribution in [3.05, 3.63) is 53.8 Å². The third kappa shape index (κ3) is 4.47. The van der Waals surface area contributed by atoms with Gasteiger partial charge in [0.25, 0.3) is 5.91 Å². The number of nitrogens with zero attached hydrogens (tertiary/aromatic N) is 2. The molecule has 1 unspecified atom stereocenters. The summed E-state index contributed by atoms with van der Waals surface area (Å²) in [7, 11) is 3.43. The minimum absolute atomic E-state index is 0.0799. The summed E-state index contributed by atoms with van der Waals surface area (Å²) in [5, 5.41) is 0.389. The van der Waals surface area contributed by atoms with Gasteiger partial charge < -0.3 is 14.5 Å². The lowest BCUT2D eigenvalue weighted by Crippen LogP contribution is -2.35. The number of esters is 1. The molecule has 0 N–H and O–H groups in total. The molecule has 0 aliphatic carbocycles. The van der Waals surface area contributed by atoms with E-state index >= 15 is 0 Å². The number of benzene rings is 2. The largest absolute Gasteiger partial charge is 0.452 e. The van der Waals surface area contributed by atoms with Crippen molar-refractivity contribution < 1.29 is 18.7 Å². The fourth-order valence-corrected chi connectivity index (χ4v) is 4.14. The maximum atomic E-state index is 14.1. The van der Waals surface area contributed by atoms with Crippen LogP contribution in [0, 0.1) is 5.82 Å². The first-order chi connectivity index (χ1) is 13.4. The number of rotatable bonds is 4. The SMILES string of the molecule is CC1CCN(C(=O)COC(=O)c2ccc(N(C)C)c(F)c2)c2ccccc2S1. The van der Waals surface area contributed by atoms with Gasteiger partial charge >= 0.3 is 5.97 Å². The smallest absolute Gasteiger partial charge is 0.338 e. The normalized spacial score (nSPS) is 16.1. The molecule has 2 aromatic rings. The molecular weight excluding hydrogens is 379 g/mol. The Kier molecular flexibility index (Phi) is 6.24. The van der Waals surface area contributed by atoms with Crippen molar-refractivity contribution in [2.75, 3.05) is 37.0 Å². The van der Waals surface area contributed by atoms with Gasteiger partial charge in [-0.25, -0.2) is 9.18 Å². The van der Waals surface area contributed by atoms with Crippen molar-refractivity contribution in [2.45, 2.75) is 23.5 Å².